The van der Waals surface area contributed by atoms with E-state index in [2.05, 4.69) is 5.32 Å². The second-order valence-corrected chi connectivity index (χ2v) is 3.29. The van der Waals surface area contributed by atoms with Gasteiger partial charge in [0, 0.05) is 10.6 Å². The summed E-state index contributed by atoms with van der Waals surface area (Å²) in [7, 11) is 0. The summed E-state index contributed by atoms with van der Waals surface area (Å²) in [6, 6.07) is 4.94. The SMILES string of the molecule is O=C1Cc2ccc(Cl)cc2C(=O)N1. The number of carbonyl (C=O) groups is 2. The van der Waals surface area contributed by atoms with Gasteiger partial charge in [0.15, 0.2) is 0 Å². The van der Waals surface area contributed by atoms with E-state index in [0.29, 0.717) is 10.6 Å². The molecular weight excluding hydrogens is 190 g/mol. The number of halogens is 1. The monoisotopic (exact) mass is 195 g/mol. The van der Waals surface area contributed by atoms with Gasteiger partial charge in [-0.15, -0.1) is 0 Å². The predicted octanol–water partition coefficient (Wildman–Crippen LogP) is 1.15. The zero-order valence-electron chi connectivity index (χ0n) is 6.63. The van der Waals surface area contributed by atoms with Gasteiger partial charge < -0.3 is 0 Å². The minimum Gasteiger partial charge on any atom is -0.292 e. The van der Waals surface area contributed by atoms with Crippen molar-refractivity contribution in [3.8, 4) is 0 Å². The van der Waals surface area contributed by atoms with Gasteiger partial charge >= 0.3 is 0 Å². The van der Waals surface area contributed by atoms with Gasteiger partial charge in [0.05, 0.1) is 6.42 Å². The predicted molar refractivity (Wildman–Crippen MR) is 47.6 cm³/mol. The highest BCUT2D eigenvalue weighted by Crippen LogP contribution is 2.18. The third-order valence-corrected chi connectivity index (χ3v) is 2.16. The Hall–Kier alpha value is -1.35. The molecule has 4 heteroatoms. The smallest absolute Gasteiger partial charge is 0.258 e. The van der Waals surface area contributed by atoms with Crippen LogP contribution in [-0.4, -0.2) is 11.8 Å². The number of benzene rings is 1. The van der Waals surface area contributed by atoms with E-state index in [0.717, 1.165) is 5.56 Å². The maximum absolute atomic E-state index is 11.3. The van der Waals surface area contributed by atoms with Crippen LogP contribution in [0.1, 0.15) is 15.9 Å². The summed E-state index contributed by atoms with van der Waals surface area (Å²) in [6.07, 6.45) is 0.248. The summed E-state index contributed by atoms with van der Waals surface area (Å²) in [5, 5.41) is 2.73. The number of hydrogen-bond donors (Lipinski definition) is 1. The number of carbonyl (C=O) groups excluding carboxylic acids is 2. The van der Waals surface area contributed by atoms with Crippen molar-refractivity contribution in [1.82, 2.24) is 5.32 Å². The van der Waals surface area contributed by atoms with Gasteiger partial charge in [-0.1, -0.05) is 17.7 Å². The van der Waals surface area contributed by atoms with E-state index < -0.39 is 0 Å². The molecule has 0 radical (unpaired) electrons. The maximum Gasteiger partial charge on any atom is 0.258 e. The lowest BCUT2D eigenvalue weighted by Gasteiger charge is -2.14. The summed E-state index contributed by atoms with van der Waals surface area (Å²) in [5.41, 5.74) is 1.23. The van der Waals surface area contributed by atoms with E-state index in [-0.39, 0.29) is 18.2 Å². The van der Waals surface area contributed by atoms with Crippen LogP contribution in [0, 0.1) is 0 Å². The van der Waals surface area contributed by atoms with Crippen molar-refractivity contribution in [1.29, 1.82) is 0 Å². The number of hydrogen-bond acceptors (Lipinski definition) is 2. The Bertz CT molecular complexity index is 401. The summed E-state index contributed by atoms with van der Waals surface area (Å²) in [6.45, 7) is 0. The van der Waals surface area contributed by atoms with Crippen molar-refractivity contribution < 1.29 is 9.59 Å². The van der Waals surface area contributed by atoms with Crippen LogP contribution in [0.2, 0.25) is 5.02 Å². The van der Waals surface area contributed by atoms with Gasteiger partial charge in [-0.05, 0) is 17.7 Å². The fraction of sp³-hybridized carbons (Fsp3) is 0.111. The second-order valence-electron chi connectivity index (χ2n) is 2.86. The minimum atomic E-state index is -0.367. The normalized spacial score (nSPS) is 15.2. The maximum atomic E-state index is 11.3. The molecule has 0 saturated carbocycles. The molecule has 0 spiro atoms. The topological polar surface area (TPSA) is 46.2 Å². The lowest BCUT2D eigenvalue weighted by atomic mass is 10.0. The molecule has 2 rings (SSSR count). The van der Waals surface area contributed by atoms with Crippen LogP contribution in [0.15, 0.2) is 18.2 Å². The summed E-state index contributed by atoms with van der Waals surface area (Å²) in [4.78, 5) is 22.2. The van der Waals surface area contributed by atoms with Crippen LogP contribution < -0.4 is 5.32 Å². The van der Waals surface area contributed by atoms with E-state index in [1.54, 1.807) is 18.2 Å². The van der Waals surface area contributed by atoms with Gasteiger partial charge in [0.1, 0.15) is 0 Å². The largest absolute Gasteiger partial charge is 0.292 e. The van der Waals surface area contributed by atoms with E-state index in [1.807, 2.05) is 0 Å². The molecule has 1 aromatic carbocycles. The van der Waals surface area contributed by atoms with Gasteiger partial charge in [0.25, 0.3) is 5.91 Å². The molecule has 13 heavy (non-hydrogen) atoms. The van der Waals surface area contributed by atoms with Crippen molar-refractivity contribution in [3.63, 3.8) is 0 Å². The molecule has 0 bridgehead atoms. The number of rotatable bonds is 0. The van der Waals surface area contributed by atoms with Crippen molar-refractivity contribution in [2.24, 2.45) is 0 Å². The fourth-order valence-corrected chi connectivity index (χ4v) is 1.50. The lowest BCUT2D eigenvalue weighted by molar-refractivity contribution is -0.119. The summed E-state index contributed by atoms with van der Waals surface area (Å²) in [5.74, 6) is -0.631. The first-order valence-corrected chi connectivity index (χ1v) is 4.17. The molecule has 0 unspecified atom stereocenters. The van der Waals surface area contributed by atoms with Crippen LogP contribution in [0.4, 0.5) is 0 Å². The average molecular weight is 196 g/mol. The molecule has 0 saturated heterocycles. The van der Waals surface area contributed by atoms with Gasteiger partial charge in [-0.3, -0.25) is 14.9 Å². The molecule has 1 aromatic rings. The Morgan fingerprint density at radius 2 is 2.08 bits per heavy atom. The molecule has 1 heterocycles. The molecule has 0 fully saturated rings. The van der Waals surface area contributed by atoms with E-state index in [9.17, 15) is 9.59 Å². The Kier molecular flexibility index (Phi) is 1.81. The molecule has 2 amide bonds. The molecule has 1 aliphatic heterocycles. The molecular formula is C9H6ClNO2. The van der Waals surface area contributed by atoms with Crippen LogP contribution in [0.3, 0.4) is 0 Å². The van der Waals surface area contributed by atoms with E-state index in [4.69, 9.17) is 11.6 Å². The van der Waals surface area contributed by atoms with Gasteiger partial charge in [-0.25, -0.2) is 0 Å². The number of imide groups is 1. The molecule has 0 aliphatic carbocycles. The molecule has 0 aromatic heterocycles. The van der Waals surface area contributed by atoms with Crippen LogP contribution in [0.5, 0.6) is 0 Å². The Balaban J connectivity index is 2.55. The number of nitrogens with one attached hydrogen (secondary N) is 1. The third kappa shape index (κ3) is 1.42. The number of amides is 2. The molecule has 0 atom stereocenters. The molecule has 3 nitrogen and oxygen atoms in total. The first-order chi connectivity index (χ1) is 6.16. The highest BCUT2D eigenvalue weighted by molar-refractivity contribution is 6.31. The highest BCUT2D eigenvalue weighted by Gasteiger charge is 2.21. The van der Waals surface area contributed by atoms with Crippen molar-refractivity contribution in [2.75, 3.05) is 0 Å². The quantitative estimate of drug-likeness (QED) is 0.632. The van der Waals surface area contributed by atoms with Crippen molar-refractivity contribution in [2.45, 2.75) is 6.42 Å². The first kappa shape index (κ1) is 8.26. The van der Waals surface area contributed by atoms with Crippen molar-refractivity contribution in [3.05, 3.63) is 34.3 Å². The van der Waals surface area contributed by atoms with Crippen LogP contribution >= 0.6 is 11.6 Å². The van der Waals surface area contributed by atoms with Gasteiger partial charge in [-0.2, -0.15) is 0 Å². The van der Waals surface area contributed by atoms with E-state index in [1.165, 1.54) is 0 Å². The average Bonchev–Trinajstić information content (AvgIpc) is 2.06. The number of fused-ring (bicyclic) bond motifs is 1. The second kappa shape index (κ2) is 2.85. The Morgan fingerprint density at radius 1 is 1.31 bits per heavy atom. The first-order valence-electron chi connectivity index (χ1n) is 3.79. The standard InChI is InChI=1S/C9H6ClNO2/c10-6-2-1-5-3-8(12)11-9(13)7(5)4-6/h1-2,4H,3H2,(H,11,12,13). The zero-order chi connectivity index (χ0) is 9.42. The summed E-state index contributed by atoms with van der Waals surface area (Å²) >= 11 is 5.71. The highest BCUT2D eigenvalue weighted by atomic mass is 35.5. The van der Waals surface area contributed by atoms with Crippen molar-refractivity contribution >= 4 is 23.4 Å². The van der Waals surface area contributed by atoms with Gasteiger partial charge in [0.2, 0.25) is 5.91 Å². The minimum absolute atomic E-state index is 0.248. The van der Waals surface area contributed by atoms with Crippen LogP contribution in [0.25, 0.3) is 0 Å². The van der Waals surface area contributed by atoms with E-state index >= 15 is 0 Å². The Morgan fingerprint density at radius 3 is 2.85 bits per heavy atom. The lowest BCUT2D eigenvalue weighted by Crippen LogP contribution is -2.37. The Labute approximate surface area is 79.7 Å². The summed E-state index contributed by atoms with van der Waals surface area (Å²) < 4.78 is 0. The fourth-order valence-electron chi connectivity index (χ4n) is 1.33. The molecule has 1 aliphatic rings. The molecule has 1 N–H and O–H groups in total. The zero-order valence-corrected chi connectivity index (χ0v) is 7.39. The molecule has 66 valence electrons. The van der Waals surface area contributed by atoms with Crippen LogP contribution in [-0.2, 0) is 11.2 Å². The third-order valence-electron chi connectivity index (χ3n) is 1.92.